The molecule has 56 heavy (non-hydrogen) atoms. The molecule has 294 valence electrons. The number of rotatable bonds is 18. The van der Waals surface area contributed by atoms with Crippen LogP contribution in [0.4, 0.5) is 18.9 Å². The molecule has 1 heterocycles. The van der Waals surface area contributed by atoms with Crippen molar-refractivity contribution < 1.29 is 41.6 Å². The Labute approximate surface area is 326 Å². The van der Waals surface area contributed by atoms with Gasteiger partial charge in [-0.3, -0.25) is 0 Å². The fourth-order valence-electron chi connectivity index (χ4n) is 6.29. The first-order chi connectivity index (χ1) is 27.4. The van der Waals surface area contributed by atoms with Crippen molar-refractivity contribution in [3.8, 4) is 0 Å². The predicted molar refractivity (Wildman–Crippen MR) is 208 cm³/mol. The Kier molecular flexibility index (Phi) is 15.2. The van der Waals surface area contributed by atoms with Gasteiger partial charge in [0.05, 0.1) is 38.7 Å². The fraction of sp³-hybridized carbons (Fsp3) is 0.311. The van der Waals surface area contributed by atoms with Crippen LogP contribution in [-0.2, 0) is 61.1 Å². The molecule has 5 aromatic rings. The number of benzene rings is 5. The predicted octanol–water partition coefficient (Wildman–Crippen LogP) is 8.54. The number of alkyl halides is 3. The molecule has 1 aliphatic heterocycles. The number of hydrogen-bond acceptors (Lipinski definition) is 8. The van der Waals surface area contributed by atoms with E-state index in [1.54, 1.807) is 18.2 Å². The maximum absolute atomic E-state index is 14.7. The normalized spacial score (nSPS) is 20.1. The van der Waals surface area contributed by atoms with E-state index in [0.717, 1.165) is 34.2 Å². The van der Waals surface area contributed by atoms with Crippen molar-refractivity contribution in [1.29, 1.82) is 0 Å². The van der Waals surface area contributed by atoms with Gasteiger partial charge in [-0.2, -0.15) is 13.2 Å². The van der Waals surface area contributed by atoms with Gasteiger partial charge < -0.3 is 34.2 Å². The van der Waals surface area contributed by atoms with Crippen molar-refractivity contribution >= 4 is 11.6 Å². The second kappa shape index (κ2) is 20.9. The molecule has 6 rings (SSSR count). The van der Waals surface area contributed by atoms with Gasteiger partial charge in [-0.05, 0) is 59.3 Å². The van der Waals surface area contributed by atoms with Crippen molar-refractivity contribution in [2.24, 2.45) is 10.7 Å². The first-order valence-corrected chi connectivity index (χ1v) is 18.7. The van der Waals surface area contributed by atoms with Crippen LogP contribution in [0.25, 0.3) is 0 Å². The standard InChI is InChI=1S/C45H47F3N2O6/c46-45(47,48)44(50-38-19-11-4-12-20-38)56-43-42(54-31-37-17-9-3-10-18-37)41(53-30-36-15-7-2-8-16-36)40(52-29-35-13-5-1-6-14-35)39(55-43)32-51-28-26-34-23-21-33(22-24-34)25-27-49/h1-24,39-43H,25-32,49H2. The van der Waals surface area contributed by atoms with Crippen LogP contribution >= 0.6 is 0 Å². The van der Waals surface area contributed by atoms with Crippen LogP contribution in [0, 0.1) is 0 Å². The Morgan fingerprint density at radius 2 is 1.04 bits per heavy atom. The summed E-state index contributed by atoms with van der Waals surface area (Å²) in [7, 11) is 0. The van der Waals surface area contributed by atoms with Gasteiger partial charge in [0.1, 0.15) is 24.4 Å². The molecule has 0 saturated carbocycles. The highest BCUT2D eigenvalue weighted by molar-refractivity contribution is 5.84. The van der Waals surface area contributed by atoms with Gasteiger partial charge in [0, 0.05) is 0 Å². The monoisotopic (exact) mass is 768 g/mol. The van der Waals surface area contributed by atoms with E-state index in [0.29, 0.717) is 19.6 Å². The van der Waals surface area contributed by atoms with E-state index in [9.17, 15) is 13.2 Å². The Hall–Kier alpha value is -4.88. The Morgan fingerprint density at radius 1 is 0.571 bits per heavy atom. The summed E-state index contributed by atoms with van der Waals surface area (Å²) >= 11 is 0. The summed E-state index contributed by atoms with van der Waals surface area (Å²) in [6, 6.07) is 44.3. The fourth-order valence-corrected chi connectivity index (χ4v) is 6.29. The summed E-state index contributed by atoms with van der Waals surface area (Å²) in [6.45, 7) is 1.18. The quantitative estimate of drug-likeness (QED) is 0.0543. The maximum Gasteiger partial charge on any atom is 0.468 e. The molecule has 1 fully saturated rings. The summed E-state index contributed by atoms with van der Waals surface area (Å²) in [4.78, 5) is 3.87. The van der Waals surface area contributed by atoms with E-state index in [1.165, 1.54) is 12.1 Å². The highest BCUT2D eigenvalue weighted by Gasteiger charge is 2.52. The van der Waals surface area contributed by atoms with Gasteiger partial charge in [0.2, 0.25) is 6.29 Å². The minimum Gasteiger partial charge on any atom is -0.441 e. The SMILES string of the molecule is NCCc1ccc(CCOCC2OC(OC(=Nc3ccccc3)C(F)(F)F)C(OCc3ccccc3)C(OCc3ccccc3)C2OCc2ccccc2)cc1. The zero-order valence-corrected chi connectivity index (χ0v) is 31.0. The minimum absolute atomic E-state index is 0.0294. The lowest BCUT2D eigenvalue weighted by Gasteiger charge is -2.45. The first-order valence-electron chi connectivity index (χ1n) is 18.7. The molecule has 5 aromatic carbocycles. The molecule has 1 saturated heterocycles. The van der Waals surface area contributed by atoms with Crippen molar-refractivity contribution in [1.82, 2.24) is 0 Å². The van der Waals surface area contributed by atoms with Crippen molar-refractivity contribution in [2.45, 2.75) is 69.5 Å². The average molecular weight is 769 g/mol. The molecule has 0 amide bonds. The molecule has 5 unspecified atom stereocenters. The number of para-hydroxylation sites is 1. The van der Waals surface area contributed by atoms with Crippen LogP contribution in [0.15, 0.2) is 151 Å². The lowest BCUT2D eigenvalue weighted by molar-refractivity contribution is -0.315. The summed E-state index contributed by atoms with van der Waals surface area (Å²) in [5.41, 5.74) is 10.5. The van der Waals surface area contributed by atoms with Crippen molar-refractivity contribution in [3.63, 3.8) is 0 Å². The minimum atomic E-state index is -4.96. The second-order valence-electron chi connectivity index (χ2n) is 13.4. The largest absolute Gasteiger partial charge is 0.468 e. The van der Waals surface area contributed by atoms with Crippen LogP contribution in [0.1, 0.15) is 27.8 Å². The van der Waals surface area contributed by atoms with Crippen LogP contribution in [0.3, 0.4) is 0 Å². The molecule has 0 aliphatic carbocycles. The Morgan fingerprint density at radius 3 is 1.54 bits per heavy atom. The van der Waals surface area contributed by atoms with Gasteiger partial charge >= 0.3 is 6.18 Å². The molecule has 0 radical (unpaired) electrons. The number of nitrogens with zero attached hydrogens (tertiary/aromatic N) is 1. The van der Waals surface area contributed by atoms with Crippen LogP contribution in [0.2, 0.25) is 0 Å². The summed E-state index contributed by atoms with van der Waals surface area (Å²) in [5, 5.41) is 0. The lowest BCUT2D eigenvalue weighted by Crippen LogP contribution is -2.62. The molecule has 1 aliphatic rings. The van der Waals surface area contributed by atoms with Crippen LogP contribution in [0.5, 0.6) is 0 Å². The van der Waals surface area contributed by atoms with Gasteiger partial charge in [-0.25, -0.2) is 4.99 Å². The third-order valence-corrected chi connectivity index (χ3v) is 9.18. The number of nitrogens with two attached hydrogens (primary N) is 1. The molecular formula is C45H47F3N2O6. The molecule has 5 atom stereocenters. The molecule has 0 aromatic heterocycles. The van der Waals surface area contributed by atoms with Crippen molar-refractivity contribution in [3.05, 3.63) is 173 Å². The third kappa shape index (κ3) is 12.3. The zero-order valence-electron chi connectivity index (χ0n) is 31.0. The van der Waals surface area contributed by atoms with Crippen molar-refractivity contribution in [2.75, 3.05) is 19.8 Å². The first kappa shape index (κ1) is 40.8. The van der Waals surface area contributed by atoms with E-state index in [2.05, 4.69) is 4.99 Å². The van der Waals surface area contributed by atoms with Gasteiger partial charge in [0.25, 0.3) is 5.90 Å². The van der Waals surface area contributed by atoms with E-state index in [1.807, 2.05) is 115 Å². The summed E-state index contributed by atoms with van der Waals surface area (Å²) in [5.74, 6) is -1.48. The number of aliphatic imine (C=N–C) groups is 1. The molecule has 2 N–H and O–H groups in total. The molecular weight excluding hydrogens is 721 g/mol. The smallest absolute Gasteiger partial charge is 0.441 e. The van der Waals surface area contributed by atoms with Gasteiger partial charge in [-0.15, -0.1) is 0 Å². The maximum atomic E-state index is 14.7. The molecule has 11 heteroatoms. The van der Waals surface area contributed by atoms with Crippen LogP contribution in [-0.4, -0.2) is 62.5 Å². The highest BCUT2D eigenvalue weighted by atomic mass is 19.4. The molecule has 0 spiro atoms. The second-order valence-corrected chi connectivity index (χ2v) is 13.4. The lowest BCUT2D eigenvalue weighted by atomic mass is 9.97. The zero-order chi connectivity index (χ0) is 39.0. The topological polar surface area (TPSA) is 93.8 Å². The van der Waals surface area contributed by atoms with Crippen LogP contribution < -0.4 is 5.73 Å². The van der Waals surface area contributed by atoms with E-state index in [-0.39, 0.29) is 32.1 Å². The third-order valence-electron chi connectivity index (χ3n) is 9.18. The highest BCUT2D eigenvalue weighted by Crippen LogP contribution is 2.34. The number of halogens is 3. The molecule has 8 nitrogen and oxygen atoms in total. The number of ether oxygens (including phenoxy) is 6. The van der Waals surface area contributed by atoms with E-state index >= 15 is 0 Å². The number of hydrogen-bond donors (Lipinski definition) is 1. The Bertz CT molecular complexity index is 1880. The molecule has 0 bridgehead atoms. The summed E-state index contributed by atoms with van der Waals surface area (Å²) < 4.78 is 82.3. The summed E-state index contributed by atoms with van der Waals surface area (Å²) in [6.07, 6.45) is -9.15. The van der Waals surface area contributed by atoms with Gasteiger partial charge in [-0.1, -0.05) is 133 Å². The average Bonchev–Trinajstić information content (AvgIpc) is 3.22. The van der Waals surface area contributed by atoms with Gasteiger partial charge in [0.15, 0.2) is 0 Å². The van der Waals surface area contributed by atoms with E-state index < -0.39 is 42.8 Å². The van der Waals surface area contributed by atoms with E-state index in [4.69, 9.17) is 34.2 Å². The Balaban J connectivity index is 1.33.